The Morgan fingerprint density at radius 1 is 0.676 bits per heavy atom. The third-order valence-corrected chi connectivity index (χ3v) is 6.80. The highest BCUT2D eigenvalue weighted by atomic mass is 16.3. The van der Waals surface area contributed by atoms with E-state index in [0.29, 0.717) is 44.0 Å². The lowest BCUT2D eigenvalue weighted by atomic mass is 10.0. The Morgan fingerprint density at radius 3 is 1.51 bits per heavy atom. The number of nitrogens with two attached hydrogens (primary N) is 4. The van der Waals surface area contributed by atoms with Gasteiger partial charge in [0.2, 0.25) is 17.8 Å². The highest BCUT2D eigenvalue weighted by molar-refractivity contribution is 5.74. The van der Waals surface area contributed by atoms with E-state index in [1.165, 1.54) is 0 Å². The molecule has 2 aliphatic rings. The average molecular weight is 505 g/mol. The molecule has 3 heterocycles. The smallest absolute Gasteiger partial charge is 0.241 e. The molecule has 11 nitrogen and oxygen atoms in total. The zero-order chi connectivity index (χ0) is 26.1. The number of hydrogen-bond acceptors (Lipinski definition) is 11. The van der Waals surface area contributed by atoms with Gasteiger partial charge in [0.15, 0.2) is 0 Å². The van der Waals surface area contributed by atoms with E-state index in [0.717, 1.165) is 29.8 Å². The van der Waals surface area contributed by atoms with Gasteiger partial charge in [0.1, 0.15) is 5.75 Å². The first-order valence-electron chi connectivity index (χ1n) is 12.7. The predicted octanol–water partition coefficient (Wildman–Crippen LogP) is 1.08. The minimum Gasteiger partial charge on any atom is -0.508 e. The van der Waals surface area contributed by atoms with Crippen molar-refractivity contribution in [3.63, 3.8) is 0 Å². The van der Waals surface area contributed by atoms with E-state index < -0.39 is 0 Å². The van der Waals surface area contributed by atoms with Crippen LogP contribution in [-0.4, -0.2) is 70.4 Å². The molecule has 0 unspecified atom stereocenters. The molecule has 11 heteroatoms. The molecule has 2 aromatic carbocycles. The summed E-state index contributed by atoms with van der Waals surface area (Å²) in [4.78, 5) is 20.7. The van der Waals surface area contributed by atoms with Crippen LogP contribution < -0.4 is 37.6 Å². The van der Waals surface area contributed by atoms with E-state index in [1.807, 2.05) is 58.0 Å². The minimum absolute atomic E-state index is 0.0745. The minimum atomic E-state index is -0.0745. The normalized spacial score (nSPS) is 24.2. The van der Waals surface area contributed by atoms with Crippen molar-refractivity contribution >= 4 is 29.2 Å². The SMILES string of the molecule is Cc1ccc(N(c2ccc(O)cc2)c2nc(N3C[C@H](N)C[C@H](N)C3)nc(N3C[C@H](N)C[C@H](N)C3)n2)cc1. The summed E-state index contributed by atoms with van der Waals surface area (Å²) < 4.78 is 0. The van der Waals surface area contributed by atoms with Crippen molar-refractivity contribution in [2.75, 3.05) is 40.9 Å². The van der Waals surface area contributed by atoms with Crippen LogP contribution in [0.25, 0.3) is 0 Å². The van der Waals surface area contributed by atoms with Gasteiger partial charge in [-0.25, -0.2) is 0 Å². The zero-order valence-corrected chi connectivity index (χ0v) is 21.1. The third kappa shape index (κ3) is 5.75. The van der Waals surface area contributed by atoms with Crippen LogP contribution in [0.4, 0.5) is 29.2 Å². The monoisotopic (exact) mass is 504 g/mol. The maximum Gasteiger partial charge on any atom is 0.241 e. The van der Waals surface area contributed by atoms with Crippen molar-refractivity contribution < 1.29 is 5.11 Å². The van der Waals surface area contributed by atoms with Crippen molar-refractivity contribution in [2.45, 2.75) is 43.9 Å². The number of aromatic hydroxyl groups is 1. The number of hydrogen-bond donors (Lipinski definition) is 5. The predicted molar refractivity (Wildman–Crippen MR) is 146 cm³/mol. The molecule has 5 rings (SSSR count). The number of anilines is 5. The van der Waals surface area contributed by atoms with E-state index >= 15 is 0 Å². The summed E-state index contributed by atoms with van der Waals surface area (Å²) in [5, 5.41) is 9.92. The van der Waals surface area contributed by atoms with Crippen LogP contribution >= 0.6 is 0 Å². The molecular weight excluding hydrogens is 468 g/mol. The highest BCUT2D eigenvalue weighted by Gasteiger charge is 2.30. The fraction of sp³-hybridized carbons (Fsp3) is 0.423. The maximum absolute atomic E-state index is 9.92. The molecule has 37 heavy (non-hydrogen) atoms. The first-order chi connectivity index (χ1) is 17.7. The standard InChI is InChI=1S/C26H36N10O/c1-16-2-4-21(5-3-16)36(22-6-8-23(37)9-7-22)26-32-24(34-12-17(27)10-18(28)13-34)31-25(33-26)35-14-19(29)11-20(30)15-35/h2-9,17-20,37H,10-15,27-30H2,1H3/t17-,18+,19-,20+. The fourth-order valence-corrected chi connectivity index (χ4v) is 5.09. The molecule has 1 aromatic heterocycles. The number of piperidine rings is 2. The van der Waals surface area contributed by atoms with Gasteiger partial charge < -0.3 is 37.8 Å². The van der Waals surface area contributed by atoms with Crippen LogP contribution in [0.1, 0.15) is 18.4 Å². The molecule has 0 saturated carbocycles. The summed E-state index contributed by atoms with van der Waals surface area (Å²) in [6, 6.07) is 14.8. The van der Waals surface area contributed by atoms with E-state index in [9.17, 15) is 5.11 Å². The van der Waals surface area contributed by atoms with E-state index in [1.54, 1.807) is 12.1 Å². The van der Waals surface area contributed by atoms with Gasteiger partial charge in [-0.2, -0.15) is 15.0 Å². The third-order valence-electron chi connectivity index (χ3n) is 6.80. The van der Waals surface area contributed by atoms with Gasteiger partial charge in [0.25, 0.3) is 0 Å². The van der Waals surface area contributed by atoms with Crippen LogP contribution in [0, 0.1) is 6.92 Å². The number of phenolic OH excluding ortho intramolecular Hbond substituents is 1. The fourth-order valence-electron chi connectivity index (χ4n) is 5.09. The first-order valence-corrected chi connectivity index (χ1v) is 12.7. The lowest BCUT2D eigenvalue weighted by Crippen LogP contribution is -2.54. The lowest BCUT2D eigenvalue weighted by Gasteiger charge is -2.37. The van der Waals surface area contributed by atoms with Gasteiger partial charge in [0, 0.05) is 61.7 Å². The number of phenols is 1. The number of aromatic nitrogens is 3. The quantitative estimate of drug-likeness (QED) is 0.336. The largest absolute Gasteiger partial charge is 0.508 e. The Labute approximate surface area is 217 Å². The van der Waals surface area contributed by atoms with Gasteiger partial charge in [0.05, 0.1) is 0 Å². The van der Waals surface area contributed by atoms with Crippen LogP contribution in [0.5, 0.6) is 5.75 Å². The maximum atomic E-state index is 9.92. The molecule has 9 N–H and O–H groups in total. The molecule has 0 aliphatic carbocycles. The molecule has 2 saturated heterocycles. The topological polar surface area (TPSA) is 173 Å². The van der Waals surface area contributed by atoms with Crippen molar-refractivity contribution in [3.8, 4) is 5.75 Å². The summed E-state index contributed by atoms with van der Waals surface area (Å²) >= 11 is 0. The van der Waals surface area contributed by atoms with E-state index in [4.69, 9.17) is 37.9 Å². The van der Waals surface area contributed by atoms with Crippen LogP contribution in [-0.2, 0) is 0 Å². The molecule has 0 radical (unpaired) electrons. The Hall–Kier alpha value is -3.51. The number of aryl methyl sites for hydroxylation is 1. The van der Waals surface area contributed by atoms with E-state index in [2.05, 4.69) is 0 Å². The summed E-state index contributed by atoms with van der Waals surface area (Å²) in [6.45, 7) is 4.43. The molecule has 0 bridgehead atoms. The first kappa shape index (κ1) is 25.2. The Kier molecular flexibility index (Phi) is 7.11. The van der Waals surface area contributed by atoms with Crippen LogP contribution in [0.3, 0.4) is 0 Å². The zero-order valence-electron chi connectivity index (χ0n) is 21.1. The molecule has 0 spiro atoms. The van der Waals surface area contributed by atoms with Gasteiger partial charge >= 0.3 is 0 Å². The van der Waals surface area contributed by atoms with Crippen LogP contribution in [0.15, 0.2) is 48.5 Å². The number of rotatable bonds is 5. The second-order valence-electron chi connectivity index (χ2n) is 10.2. The van der Waals surface area contributed by atoms with Gasteiger partial charge in [-0.3, -0.25) is 4.90 Å². The van der Waals surface area contributed by atoms with E-state index in [-0.39, 0.29) is 29.9 Å². The van der Waals surface area contributed by atoms with Gasteiger partial charge in [-0.15, -0.1) is 0 Å². The summed E-state index contributed by atoms with van der Waals surface area (Å²) in [5.74, 6) is 1.63. The second kappa shape index (κ2) is 10.5. The molecule has 196 valence electrons. The Balaban J connectivity index is 1.64. The molecule has 2 aliphatic heterocycles. The van der Waals surface area contributed by atoms with Crippen molar-refractivity contribution in [3.05, 3.63) is 54.1 Å². The number of benzene rings is 2. The molecule has 0 amide bonds. The summed E-state index contributed by atoms with van der Waals surface area (Å²) in [6.07, 6.45) is 1.50. The second-order valence-corrected chi connectivity index (χ2v) is 10.2. The van der Waals surface area contributed by atoms with Gasteiger partial charge in [-0.1, -0.05) is 17.7 Å². The molecule has 2 fully saturated rings. The molecule has 4 atom stereocenters. The molecule has 3 aromatic rings. The van der Waals surface area contributed by atoms with Gasteiger partial charge in [-0.05, 0) is 56.2 Å². The van der Waals surface area contributed by atoms with Crippen molar-refractivity contribution in [2.24, 2.45) is 22.9 Å². The van der Waals surface area contributed by atoms with Crippen molar-refractivity contribution in [1.29, 1.82) is 0 Å². The number of nitrogens with zero attached hydrogens (tertiary/aromatic N) is 6. The average Bonchev–Trinajstić information content (AvgIpc) is 2.85. The highest BCUT2D eigenvalue weighted by Crippen LogP contribution is 2.35. The molecular formula is C26H36N10O. The summed E-state index contributed by atoms with van der Waals surface area (Å²) in [5.41, 5.74) is 28.0. The summed E-state index contributed by atoms with van der Waals surface area (Å²) in [7, 11) is 0. The van der Waals surface area contributed by atoms with Crippen molar-refractivity contribution in [1.82, 2.24) is 15.0 Å². The Bertz CT molecular complexity index is 1100. The Morgan fingerprint density at radius 2 is 1.08 bits per heavy atom. The lowest BCUT2D eigenvalue weighted by molar-refractivity contribution is 0.441. The van der Waals surface area contributed by atoms with Crippen LogP contribution in [0.2, 0.25) is 0 Å².